The van der Waals surface area contributed by atoms with Gasteiger partial charge in [0.25, 0.3) is 0 Å². The highest BCUT2D eigenvalue weighted by atomic mass is 16.5. The Labute approximate surface area is 101 Å². The lowest BCUT2D eigenvalue weighted by Crippen LogP contribution is -2.26. The van der Waals surface area contributed by atoms with Crippen LogP contribution in [0.4, 0.5) is 5.69 Å². The maximum atomic E-state index is 11.4. The van der Waals surface area contributed by atoms with Gasteiger partial charge in [-0.25, -0.2) is 0 Å². The van der Waals surface area contributed by atoms with Gasteiger partial charge >= 0.3 is 0 Å². The molecule has 1 aromatic carbocycles. The number of nitrogens with two attached hydrogens (primary N) is 1. The fourth-order valence-electron chi connectivity index (χ4n) is 1.53. The summed E-state index contributed by atoms with van der Waals surface area (Å²) in [7, 11) is 0. The highest BCUT2D eigenvalue weighted by Crippen LogP contribution is 2.27. The first-order valence-corrected chi connectivity index (χ1v) is 5.99. The summed E-state index contributed by atoms with van der Waals surface area (Å²) in [6, 6.07) is 7.29. The molecule has 1 aliphatic carbocycles. The third-order valence-corrected chi connectivity index (χ3v) is 2.79. The SMILES string of the molecule is Nc1ccccc1OCCC(=O)NCC1CC1. The van der Waals surface area contributed by atoms with Gasteiger partial charge in [-0.2, -0.15) is 0 Å². The Kier molecular flexibility index (Phi) is 3.85. The van der Waals surface area contributed by atoms with Crippen LogP contribution in [0.1, 0.15) is 19.3 Å². The third kappa shape index (κ3) is 3.98. The molecule has 0 spiro atoms. The molecule has 3 N–H and O–H groups in total. The number of anilines is 1. The number of benzene rings is 1. The number of hydrogen-bond acceptors (Lipinski definition) is 3. The normalized spacial score (nSPS) is 14.4. The molecule has 1 aromatic rings. The van der Waals surface area contributed by atoms with Crippen molar-refractivity contribution in [3.8, 4) is 5.75 Å². The summed E-state index contributed by atoms with van der Waals surface area (Å²) >= 11 is 0. The predicted molar refractivity (Wildman–Crippen MR) is 66.7 cm³/mol. The van der Waals surface area contributed by atoms with E-state index in [1.54, 1.807) is 12.1 Å². The van der Waals surface area contributed by atoms with Crippen LogP contribution >= 0.6 is 0 Å². The van der Waals surface area contributed by atoms with Crippen LogP contribution in [-0.2, 0) is 4.79 Å². The van der Waals surface area contributed by atoms with Gasteiger partial charge in [0.2, 0.25) is 5.91 Å². The number of hydrogen-bond donors (Lipinski definition) is 2. The second-order valence-corrected chi connectivity index (χ2v) is 4.38. The minimum Gasteiger partial charge on any atom is -0.491 e. The maximum absolute atomic E-state index is 11.4. The standard InChI is InChI=1S/C13H18N2O2/c14-11-3-1-2-4-12(11)17-8-7-13(16)15-9-10-5-6-10/h1-4,10H,5-9,14H2,(H,15,16). The Morgan fingerprint density at radius 2 is 2.18 bits per heavy atom. The molecular weight excluding hydrogens is 216 g/mol. The summed E-state index contributed by atoms with van der Waals surface area (Å²) in [5, 5.41) is 2.90. The average Bonchev–Trinajstić information content (AvgIpc) is 3.13. The molecule has 1 saturated carbocycles. The lowest BCUT2D eigenvalue weighted by Gasteiger charge is -2.08. The molecule has 0 saturated heterocycles. The van der Waals surface area contributed by atoms with E-state index in [9.17, 15) is 4.79 Å². The minimum atomic E-state index is 0.0476. The number of ether oxygens (including phenoxy) is 1. The average molecular weight is 234 g/mol. The first-order valence-electron chi connectivity index (χ1n) is 5.99. The summed E-state index contributed by atoms with van der Waals surface area (Å²) in [5.41, 5.74) is 6.32. The minimum absolute atomic E-state index is 0.0476. The molecule has 0 radical (unpaired) electrons. The number of nitrogens with one attached hydrogen (secondary N) is 1. The van der Waals surface area contributed by atoms with Gasteiger partial charge in [-0.1, -0.05) is 12.1 Å². The Morgan fingerprint density at radius 1 is 1.41 bits per heavy atom. The van der Waals surface area contributed by atoms with Crippen LogP contribution in [-0.4, -0.2) is 19.1 Å². The Balaban J connectivity index is 1.64. The van der Waals surface area contributed by atoms with Crippen molar-refractivity contribution in [2.24, 2.45) is 5.92 Å². The molecule has 1 aliphatic rings. The summed E-state index contributed by atoms with van der Waals surface area (Å²) in [6.07, 6.45) is 2.87. The van der Waals surface area contributed by atoms with Crippen LogP contribution in [0.25, 0.3) is 0 Å². The molecule has 0 atom stereocenters. The van der Waals surface area contributed by atoms with Crippen LogP contribution in [0.2, 0.25) is 0 Å². The second-order valence-electron chi connectivity index (χ2n) is 4.38. The zero-order valence-electron chi connectivity index (χ0n) is 9.82. The van der Waals surface area contributed by atoms with Crippen LogP contribution in [0.5, 0.6) is 5.75 Å². The quantitative estimate of drug-likeness (QED) is 0.734. The van der Waals surface area contributed by atoms with Crippen molar-refractivity contribution < 1.29 is 9.53 Å². The lowest BCUT2D eigenvalue weighted by atomic mass is 10.3. The number of nitrogen functional groups attached to an aromatic ring is 1. The molecular formula is C13H18N2O2. The maximum Gasteiger partial charge on any atom is 0.223 e. The van der Waals surface area contributed by atoms with Crippen molar-refractivity contribution in [2.45, 2.75) is 19.3 Å². The largest absolute Gasteiger partial charge is 0.491 e. The topological polar surface area (TPSA) is 64.3 Å². The van der Waals surface area contributed by atoms with Crippen LogP contribution in [0, 0.1) is 5.92 Å². The highest BCUT2D eigenvalue weighted by Gasteiger charge is 2.21. The van der Waals surface area contributed by atoms with Crippen molar-refractivity contribution in [1.82, 2.24) is 5.32 Å². The number of carbonyl (C=O) groups excluding carboxylic acids is 1. The molecule has 2 rings (SSSR count). The molecule has 0 aliphatic heterocycles. The van der Waals surface area contributed by atoms with E-state index in [0.29, 0.717) is 30.4 Å². The molecule has 0 aromatic heterocycles. The zero-order chi connectivity index (χ0) is 12.1. The van der Waals surface area contributed by atoms with Crippen LogP contribution < -0.4 is 15.8 Å². The Bertz CT molecular complexity index is 389. The van der Waals surface area contributed by atoms with Crippen molar-refractivity contribution in [2.75, 3.05) is 18.9 Å². The molecule has 1 fully saturated rings. The van der Waals surface area contributed by atoms with Crippen LogP contribution in [0.15, 0.2) is 24.3 Å². The predicted octanol–water partition coefficient (Wildman–Crippen LogP) is 1.56. The van der Waals surface area contributed by atoms with E-state index in [1.807, 2.05) is 12.1 Å². The summed E-state index contributed by atoms with van der Waals surface area (Å²) in [6.45, 7) is 1.18. The lowest BCUT2D eigenvalue weighted by molar-refractivity contribution is -0.121. The molecule has 92 valence electrons. The number of rotatable bonds is 6. The van der Waals surface area contributed by atoms with Gasteiger partial charge in [-0.3, -0.25) is 4.79 Å². The van der Waals surface area contributed by atoms with Gasteiger partial charge in [0.05, 0.1) is 18.7 Å². The molecule has 4 heteroatoms. The van der Waals surface area contributed by atoms with Gasteiger partial charge in [0, 0.05) is 6.54 Å². The number of carbonyl (C=O) groups is 1. The monoisotopic (exact) mass is 234 g/mol. The molecule has 4 nitrogen and oxygen atoms in total. The highest BCUT2D eigenvalue weighted by molar-refractivity contribution is 5.76. The Morgan fingerprint density at radius 3 is 2.88 bits per heavy atom. The van der Waals surface area contributed by atoms with Crippen molar-refractivity contribution in [3.05, 3.63) is 24.3 Å². The molecule has 17 heavy (non-hydrogen) atoms. The van der Waals surface area contributed by atoms with E-state index in [4.69, 9.17) is 10.5 Å². The fourth-order valence-corrected chi connectivity index (χ4v) is 1.53. The first kappa shape index (κ1) is 11.8. The van der Waals surface area contributed by atoms with E-state index in [-0.39, 0.29) is 5.91 Å². The van der Waals surface area contributed by atoms with Gasteiger partial charge in [-0.15, -0.1) is 0 Å². The molecule has 0 unspecified atom stereocenters. The van der Waals surface area contributed by atoms with E-state index in [1.165, 1.54) is 12.8 Å². The van der Waals surface area contributed by atoms with Crippen LogP contribution in [0.3, 0.4) is 0 Å². The summed E-state index contributed by atoms with van der Waals surface area (Å²) < 4.78 is 5.44. The van der Waals surface area contributed by atoms with Crippen molar-refractivity contribution >= 4 is 11.6 Å². The summed E-state index contributed by atoms with van der Waals surface area (Å²) in [4.78, 5) is 11.4. The van der Waals surface area contributed by atoms with Crippen molar-refractivity contribution in [3.63, 3.8) is 0 Å². The van der Waals surface area contributed by atoms with E-state index >= 15 is 0 Å². The molecule has 0 bridgehead atoms. The van der Waals surface area contributed by atoms with Gasteiger partial charge in [0.1, 0.15) is 5.75 Å². The second kappa shape index (κ2) is 5.57. The van der Waals surface area contributed by atoms with E-state index in [0.717, 1.165) is 6.54 Å². The first-order chi connectivity index (χ1) is 8.25. The molecule has 0 heterocycles. The third-order valence-electron chi connectivity index (χ3n) is 2.79. The smallest absolute Gasteiger partial charge is 0.223 e. The van der Waals surface area contributed by atoms with E-state index < -0.39 is 0 Å². The molecule has 1 amide bonds. The van der Waals surface area contributed by atoms with E-state index in [2.05, 4.69) is 5.32 Å². The zero-order valence-corrected chi connectivity index (χ0v) is 9.82. The fraction of sp³-hybridized carbons (Fsp3) is 0.462. The summed E-state index contributed by atoms with van der Waals surface area (Å²) in [5.74, 6) is 1.40. The van der Waals surface area contributed by atoms with Crippen molar-refractivity contribution in [1.29, 1.82) is 0 Å². The van der Waals surface area contributed by atoms with Gasteiger partial charge < -0.3 is 15.8 Å². The Hall–Kier alpha value is -1.71. The number of para-hydroxylation sites is 2. The number of amides is 1. The van der Waals surface area contributed by atoms with Gasteiger partial charge in [0.15, 0.2) is 0 Å². The van der Waals surface area contributed by atoms with Gasteiger partial charge in [-0.05, 0) is 30.9 Å².